The van der Waals surface area contributed by atoms with E-state index in [1.807, 2.05) is 18.1 Å². The number of amides is 1. The molecule has 0 bridgehead atoms. The van der Waals surface area contributed by atoms with Gasteiger partial charge in [-0.05, 0) is 25.3 Å². The summed E-state index contributed by atoms with van der Waals surface area (Å²) in [6.07, 6.45) is 8.37. The van der Waals surface area contributed by atoms with Gasteiger partial charge in [-0.3, -0.25) is 9.48 Å². The van der Waals surface area contributed by atoms with Crippen molar-refractivity contribution in [3.63, 3.8) is 0 Å². The van der Waals surface area contributed by atoms with Gasteiger partial charge in [-0.1, -0.05) is 11.6 Å². The highest BCUT2D eigenvalue weighted by Gasteiger charge is 2.25. The summed E-state index contributed by atoms with van der Waals surface area (Å²) in [6.45, 7) is 4.72. The molecule has 3 aromatic heterocycles. The zero-order valence-electron chi connectivity index (χ0n) is 17.5. The van der Waals surface area contributed by atoms with E-state index < -0.39 is 0 Å². The van der Waals surface area contributed by atoms with E-state index in [1.165, 1.54) is 6.42 Å². The number of pyridine rings is 1. The molecule has 0 unspecified atom stereocenters. The molecule has 5 heterocycles. The topological polar surface area (TPSA) is 83.3 Å². The number of halogens is 1. The lowest BCUT2D eigenvalue weighted by Crippen LogP contribution is -2.47. The molecule has 2 saturated heterocycles. The average molecular weight is 441 g/mol. The Morgan fingerprint density at radius 1 is 0.903 bits per heavy atom. The Bertz CT molecular complexity index is 1100. The minimum absolute atomic E-state index is 0.0229. The van der Waals surface area contributed by atoms with Crippen molar-refractivity contribution in [2.75, 3.05) is 49.1 Å². The molecule has 0 spiro atoms. The highest BCUT2D eigenvalue weighted by atomic mass is 35.5. The fourth-order valence-electron chi connectivity index (χ4n) is 4.39. The van der Waals surface area contributed by atoms with Crippen molar-refractivity contribution in [1.82, 2.24) is 29.6 Å². The lowest BCUT2D eigenvalue weighted by atomic mass is 10.1. The number of aromatic nitrogens is 5. The van der Waals surface area contributed by atoms with Gasteiger partial charge in [0.25, 0.3) is 5.91 Å². The van der Waals surface area contributed by atoms with Crippen molar-refractivity contribution in [3.05, 3.63) is 35.4 Å². The van der Waals surface area contributed by atoms with Crippen LogP contribution in [0.4, 0.5) is 11.6 Å². The van der Waals surface area contributed by atoms with E-state index >= 15 is 0 Å². The molecule has 0 radical (unpaired) electrons. The second-order valence-corrected chi connectivity index (χ2v) is 8.47. The quantitative estimate of drug-likeness (QED) is 0.618. The molecule has 2 fully saturated rings. The standard InChI is InChI=1S/C21H25ClN8O/c1-27-18-16(13-26-27)19(25-14-24-18)28-7-9-29(10-8-28)20-17(22)11-15(12-23-20)21(31)30-5-3-2-4-6-30/h11-14H,2-10H2,1H3. The summed E-state index contributed by atoms with van der Waals surface area (Å²) < 4.78 is 1.76. The summed E-state index contributed by atoms with van der Waals surface area (Å²) >= 11 is 6.56. The monoisotopic (exact) mass is 440 g/mol. The summed E-state index contributed by atoms with van der Waals surface area (Å²) in [5.74, 6) is 1.65. The average Bonchev–Trinajstić information content (AvgIpc) is 3.20. The number of piperazine rings is 1. The predicted molar refractivity (Wildman–Crippen MR) is 120 cm³/mol. The Balaban J connectivity index is 1.28. The van der Waals surface area contributed by atoms with Gasteiger partial charge in [0.05, 0.1) is 22.2 Å². The van der Waals surface area contributed by atoms with Crippen LogP contribution in [-0.4, -0.2) is 74.8 Å². The van der Waals surface area contributed by atoms with Crippen molar-refractivity contribution >= 4 is 40.2 Å². The molecule has 2 aliphatic heterocycles. The minimum Gasteiger partial charge on any atom is -0.352 e. The minimum atomic E-state index is 0.0229. The van der Waals surface area contributed by atoms with Gasteiger partial charge in [-0.15, -0.1) is 0 Å². The predicted octanol–water partition coefficient (Wildman–Crippen LogP) is 2.36. The van der Waals surface area contributed by atoms with Gasteiger partial charge < -0.3 is 14.7 Å². The molecule has 162 valence electrons. The summed E-state index contributed by atoms with van der Waals surface area (Å²) in [4.78, 5) is 32.4. The summed E-state index contributed by atoms with van der Waals surface area (Å²) in [6, 6.07) is 1.76. The van der Waals surface area contributed by atoms with E-state index in [0.29, 0.717) is 10.6 Å². The first-order valence-electron chi connectivity index (χ1n) is 10.7. The highest BCUT2D eigenvalue weighted by molar-refractivity contribution is 6.33. The van der Waals surface area contributed by atoms with Gasteiger partial charge >= 0.3 is 0 Å². The molecule has 31 heavy (non-hydrogen) atoms. The molecule has 0 aromatic carbocycles. The summed E-state index contributed by atoms with van der Waals surface area (Å²) in [5.41, 5.74) is 1.39. The maximum Gasteiger partial charge on any atom is 0.255 e. The Labute approximate surface area is 185 Å². The van der Waals surface area contributed by atoms with E-state index in [1.54, 1.807) is 23.3 Å². The van der Waals surface area contributed by atoms with Crippen LogP contribution in [0.3, 0.4) is 0 Å². The maximum atomic E-state index is 12.7. The van der Waals surface area contributed by atoms with Crippen LogP contribution >= 0.6 is 11.6 Å². The molecular formula is C21H25ClN8O. The number of hydrogen-bond donors (Lipinski definition) is 0. The number of carbonyl (C=O) groups excluding carboxylic acids is 1. The van der Waals surface area contributed by atoms with Crippen LogP contribution < -0.4 is 9.80 Å². The smallest absolute Gasteiger partial charge is 0.255 e. The van der Waals surface area contributed by atoms with Crippen LogP contribution in [-0.2, 0) is 7.05 Å². The Hall–Kier alpha value is -2.94. The molecule has 3 aromatic rings. The Morgan fingerprint density at radius 3 is 2.32 bits per heavy atom. The second-order valence-electron chi connectivity index (χ2n) is 8.06. The number of anilines is 2. The Kier molecular flexibility index (Phi) is 5.35. The van der Waals surface area contributed by atoms with Gasteiger partial charge in [0.1, 0.15) is 18.0 Å². The first-order valence-corrected chi connectivity index (χ1v) is 11.1. The number of hydrogen-bond acceptors (Lipinski definition) is 7. The maximum absolute atomic E-state index is 12.7. The molecule has 0 saturated carbocycles. The van der Waals surface area contributed by atoms with Crippen LogP contribution in [0.25, 0.3) is 11.0 Å². The van der Waals surface area contributed by atoms with E-state index in [-0.39, 0.29) is 5.91 Å². The molecule has 2 aliphatic rings. The van der Waals surface area contributed by atoms with E-state index in [4.69, 9.17) is 11.6 Å². The molecule has 1 amide bonds. The third-order valence-corrected chi connectivity index (χ3v) is 6.38. The van der Waals surface area contributed by atoms with Gasteiger partial charge in [-0.2, -0.15) is 5.10 Å². The van der Waals surface area contributed by atoms with Gasteiger partial charge in [0.2, 0.25) is 0 Å². The fourth-order valence-corrected chi connectivity index (χ4v) is 4.68. The molecule has 0 atom stereocenters. The number of fused-ring (bicyclic) bond motifs is 1. The van der Waals surface area contributed by atoms with Crippen molar-refractivity contribution in [3.8, 4) is 0 Å². The molecule has 0 aliphatic carbocycles. The first-order chi connectivity index (χ1) is 15.1. The van der Waals surface area contributed by atoms with Crippen LogP contribution in [0, 0.1) is 0 Å². The number of aryl methyl sites for hydroxylation is 1. The fraction of sp³-hybridized carbons (Fsp3) is 0.476. The summed E-state index contributed by atoms with van der Waals surface area (Å²) in [5, 5.41) is 5.78. The van der Waals surface area contributed by atoms with Gasteiger partial charge in [-0.25, -0.2) is 15.0 Å². The Morgan fingerprint density at radius 2 is 1.61 bits per heavy atom. The second kappa shape index (κ2) is 8.30. The molecule has 5 rings (SSSR count). The van der Waals surface area contributed by atoms with Crippen LogP contribution in [0.1, 0.15) is 29.6 Å². The van der Waals surface area contributed by atoms with Crippen LogP contribution in [0.15, 0.2) is 24.8 Å². The number of piperidine rings is 1. The molecular weight excluding hydrogens is 416 g/mol. The van der Waals surface area contributed by atoms with Gasteiger partial charge in [0, 0.05) is 52.5 Å². The molecule has 10 heteroatoms. The number of rotatable bonds is 3. The highest BCUT2D eigenvalue weighted by Crippen LogP contribution is 2.28. The van der Waals surface area contributed by atoms with Crippen molar-refractivity contribution < 1.29 is 4.79 Å². The molecule has 0 N–H and O–H groups in total. The first kappa shape index (κ1) is 20.0. The normalized spacial score (nSPS) is 17.4. The zero-order valence-corrected chi connectivity index (χ0v) is 18.3. The number of carbonyl (C=O) groups is 1. The number of nitrogens with zero attached hydrogens (tertiary/aromatic N) is 8. The van der Waals surface area contributed by atoms with E-state index in [9.17, 15) is 4.79 Å². The van der Waals surface area contributed by atoms with Crippen molar-refractivity contribution in [2.24, 2.45) is 7.05 Å². The molecule has 9 nitrogen and oxygen atoms in total. The van der Waals surface area contributed by atoms with E-state index in [0.717, 1.165) is 74.8 Å². The van der Waals surface area contributed by atoms with E-state index in [2.05, 4.69) is 29.9 Å². The number of likely N-dealkylation sites (tertiary alicyclic amines) is 1. The third kappa shape index (κ3) is 3.78. The lowest BCUT2D eigenvalue weighted by molar-refractivity contribution is 0.0724. The lowest BCUT2D eigenvalue weighted by Gasteiger charge is -2.36. The zero-order chi connectivity index (χ0) is 21.4. The van der Waals surface area contributed by atoms with Crippen LogP contribution in [0.2, 0.25) is 5.02 Å². The van der Waals surface area contributed by atoms with Gasteiger partial charge in [0.15, 0.2) is 5.65 Å². The van der Waals surface area contributed by atoms with Crippen molar-refractivity contribution in [1.29, 1.82) is 0 Å². The SMILES string of the molecule is Cn1ncc2c(N3CCN(c4ncc(C(=O)N5CCCCC5)cc4Cl)CC3)ncnc21. The van der Waals surface area contributed by atoms with Crippen LogP contribution in [0.5, 0.6) is 0 Å². The van der Waals surface area contributed by atoms with Crippen molar-refractivity contribution in [2.45, 2.75) is 19.3 Å². The summed E-state index contributed by atoms with van der Waals surface area (Å²) in [7, 11) is 1.88. The largest absolute Gasteiger partial charge is 0.352 e. The third-order valence-electron chi connectivity index (χ3n) is 6.10.